The molecule has 0 aromatic heterocycles. The molecule has 2 amide bonds. The fourth-order valence-corrected chi connectivity index (χ4v) is 3.99. The molecule has 1 aliphatic carbocycles. The van der Waals surface area contributed by atoms with Crippen molar-refractivity contribution in [1.82, 2.24) is 10.6 Å². The first-order valence-corrected chi connectivity index (χ1v) is 10.9. The molecule has 33 heavy (non-hydrogen) atoms. The Bertz CT molecular complexity index is 974. The number of carboxylic acid groups (broad SMARTS) is 1. The molecule has 0 radical (unpaired) electrons. The van der Waals surface area contributed by atoms with E-state index in [4.69, 9.17) is 9.84 Å². The summed E-state index contributed by atoms with van der Waals surface area (Å²) in [5.41, 5.74) is 4.05. The lowest BCUT2D eigenvalue weighted by molar-refractivity contribution is -0.147. The van der Waals surface area contributed by atoms with Gasteiger partial charge in [-0.3, -0.25) is 4.79 Å². The first-order valence-electron chi connectivity index (χ1n) is 10.9. The number of carboxylic acids is 1. The van der Waals surface area contributed by atoms with Gasteiger partial charge in [0.25, 0.3) is 0 Å². The topological polar surface area (TPSA) is 125 Å². The zero-order valence-corrected chi connectivity index (χ0v) is 18.8. The molecule has 0 spiro atoms. The van der Waals surface area contributed by atoms with Crippen molar-refractivity contribution >= 4 is 18.0 Å². The third-order valence-electron chi connectivity index (χ3n) is 5.72. The van der Waals surface area contributed by atoms with Gasteiger partial charge in [0.15, 0.2) is 6.10 Å². The Balaban J connectivity index is 1.46. The van der Waals surface area contributed by atoms with E-state index in [1.807, 2.05) is 38.1 Å². The number of ether oxygens (including phenoxy) is 1. The highest BCUT2D eigenvalue weighted by Gasteiger charge is 2.29. The summed E-state index contributed by atoms with van der Waals surface area (Å²) in [6.07, 6.45) is -2.00. The Morgan fingerprint density at radius 1 is 1.00 bits per heavy atom. The number of hydrogen-bond acceptors (Lipinski definition) is 5. The summed E-state index contributed by atoms with van der Waals surface area (Å²) in [6, 6.07) is 16.2. The highest BCUT2D eigenvalue weighted by Crippen LogP contribution is 2.44. The van der Waals surface area contributed by atoms with Crippen molar-refractivity contribution in [3.63, 3.8) is 0 Å². The van der Waals surface area contributed by atoms with Gasteiger partial charge in [0.1, 0.15) is 6.61 Å². The predicted octanol–water partition coefficient (Wildman–Crippen LogP) is 2.89. The minimum Gasteiger partial charge on any atom is -0.479 e. The maximum absolute atomic E-state index is 12.3. The Hall–Kier alpha value is -3.39. The van der Waals surface area contributed by atoms with Crippen molar-refractivity contribution in [3.05, 3.63) is 59.7 Å². The van der Waals surface area contributed by atoms with E-state index in [2.05, 4.69) is 34.9 Å². The number of aliphatic hydroxyl groups excluding tert-OH is 1. The molecule has 176 valence electrons. The van der Waals surface area contributed by atoms with Gasteiger partial charge in [0.05, 0.1) is 0 Å². The van der Waals surface area contributed by atoms with Crippen LogP contribution in [0, 0.1) is 5.41 Å². The third kappa shape index (κ3) is 6.32. The Kier molecular flexibility index (Phi) is 7.71. The van der Waals surface area contributed by atoms with Gasteiger partial charge in [-0.05, 0) is 27.7 Å². The van der Waals surface area contributed by atoms with Gasteiger partial charge in [-0.1, -0.05) is 62.4 Å². The number of amides is 2. The second-order valence-electron chi connectivity index (χ2n) is 9.01. The summed E-state index contributed by atoms with van der Waals surface area (Å²) in [7, 11) is 0. The number of aliphatic hydroxyl groups is 1. The van der Waals surface area contributed by atoms with Crippen molar-refractivity contribution in [2.24, 2.45) is 5.41 Å². The summed E-state index contributed by atoms with van der Waals surface area (Å²) in [6.45, 7) is 4.18. The molecule has 1 atom stereocenters. The Morgan fingerprint density at radius 3 is 2.15 bits per heavy atom. The van der Waals surface area contributed by atoms with E-state index < -0.39 is 23.6 Å². The van der Waals surface area contributed by atoms with Crippen LogP contribution in [0.5, 0.6) is 0 Å². The minimum absolute atomic E-state index is 0.0249. The van der Waals surface area contributed by atoms with Crippen molar-refractivity contribution in [2.75, 3.05) is 19.7 Å². The number of carbonyl (C=O) groups excluding carboxylic acids is 2. The van der Waals surface area contributed by atoms with Gasteiger partial charge in [-0.25, -0.2) is 9.59 Å². The SMILES string of the molecule is CC(C)(CNC(=O)OCC1c2ccccc2-c2ccccc21)CC(=O)NCC[C@H](O)C(=O)O. The molecule has 2 aromatic carbocycles. The molecule has 0 aliphatic heterocycles. The van der Waals surface area contributed by atoms with Gasteiger partial charge in [0.2, 0.25) is 5.91 Å². The van der Waals surface area contributed by atoms with E-state index in [1.54, 1.807) is 0 Å². The average molecular weight is 455 g/mol. The number of carbonyl (C=O) groups is 3. The highest BCUT2D eigenvalue weighted by molar-refractivity contribution is 5.79. The molecule has 0 heterocycles. The summed E-state index contributed by atoms with van der Waals surface area (Å²) in [5, 5.41) is 23.2. The molecule has 0 saturated heterocycles. The van der Waals surface area contributed by atoms with Crippen molar-refractivity contribution in [3.8, 4) is 11.1 Å². The molecule has 3 rings (SSSR count). The maximum Gasteiger partial charge on any atom is 0.407 e. The van der Waals surface area contributed by atoms with E-state index in [0.717, 1.165) is 22.3 Å². The summed E-state index contributed by atoms with van der Waals surface area (Å²) < 4.78 is 5.52. The first-order chi connectivity index (χ1) is 15.7. The molecule has 1 aliphatic rings. The van der Waals surface area contributed by atoms with E-state index in [0.29, 0.717) is 0 Å². The van der Waals surface area contributed by atoms with Crippen molar-refractivity contribution in [2.45, 2.75) is 38.7 Å². The predicted molar refractivity (Wildman–Crippen MR) is 123 cm³/mol. The quantitative estimate of drug-likeness (QED) is 0.438. The van der Waals surface area contributed by atoms with Crippen LogP contribution in [0.4, 0.5) is 4.79 Å². The second kappa shape index (κ2) is 10.5. The van der Waals surface area contributed by atoms with Gasteiger partial charge >= 0.3 is 12.1 Å². The molecular formula is C25H30N2O6. The zero-order valence-electron chi connectivity index (χ0n) is 18.8. The van der Waals surface area contributed by atoms with Crippen LogP contribution in [-0.2, 0) is 14.3 Å². The number of aliphatic carboxylic acids is 1. The number of hydrogen-bond donors (Lipinski definition) is 4. The van der Waals surface area contributed by atoms with Crippen LogP contribution in [-0.4, -0.2) is 54.0 Å². The van der Waals surface area contributed by atoms with Crippen LogP contribution < -0.4 is 10.6 Å². The first kappa shape index (κ1) is 24.3. The van der Waals surface area contributed by atoms with E-state index in [1.165, 1.54) is 0 Å². The molecule has 0 unspecified atom stereocenters. The lowest BCUT2D eigenvalue weighted by atomic mass is 9.89. The van der Waals surface area contributed by atoms with Crippen molar-refractivity contribution in [1.29, 1.82) is 0 Å². The maximum atomic E-state index is 12.3. The molecular weight excluding hydrogens is 424 g/mol. The largest absolute Gasteiger partial charge is 0.479 e. The van der Waals surface area contributed by atoms with Crippen LogP contribution in [0.1, 0.15) is 43.7 Å². The van der Waals surface area contributed by atoms with Crippen LogP contribution in [0.2, 0.25) is 0 Å². The zero-order chi connectivity index (χ0) is 24.0. The fourth-order valence-electron chi connectivity index (χ4n) is 3.99. The monoisotopic (exact) mass is 454 g/mol. The molecule has 2 aromatic rings. The molecule has 4 N–H and O–H groups in total. The minimum atomic E-state index is -1.51. The van der Waals surface area contributed by atoms with Gasteiger partial charge in [-0.15, -0.1) is 0 Å². The van der Waals surface area contributed by atoms with Crippen LogP contribution in [0.15, 0.2) is 48.5 Å². The molecule has 0 saturated carbocycles. The number of benzene rings is 2. The van der Waals surface area contributed by atoms with E-state index >= 15 is 0 Å². The Labute approximate surface area is 193 Å². The number of fused-ring (bicyclic) bond motifs is 3. The number of rotatable bonds is 10. The smallest absolute Gasteiger partial charge is 0.407 e. The van der Waals surface area contributed by atoms with Gasteiger partial charge in [0, 0.05) is 31.8 Å². The summed E-state index contributed by atoms with van der Waals surface area (Å²) >= 11 is 0. The van der Waals surface area contributed by atoms with Crippen LogP contribution >= 0.6 is 0 Å². The summed E-state index contributed by atoms with van der Waals surface area (Å²) in [4.78, 5) is 35.1. The Morgan fingerprint density at radius 2 is 1.58 bits per heavy atom. The molecule has 8 heteroatoms. The standard InChI is InChI=1S/C25H30N2O6/c1-25(2,13-22(29)26-12-11-21(28)23(30)31)15-27-24(32)33-14-20-18-9-5-3-7-16(18)17-8-4-6-10-19(17)20/h3-10,20-21,28H,11-15H2,1-2H3,(H,26,29)(H,27,32)(H,30,31)/t21-/m0/s1. The third-order valence-corrected chi connectivity index (χ3v) is 5.72. The highest BCUT2D eigenvalue weighted by atomic mass is 16.5. The molecule has 0 bridgehead atoms. The summed E-state index contributed by atoms with van der Waals surface area (Å²) in [5.74, 6) is -1.63. The number of alkyl carbamates (subject to hydrolysis) is 1. The molecule has 0 fully saturated rings. The van der Waals surface area contributed by atoms with Crippen LogP contribution in [0.25, 0.3) is 11.1 Å². The molecule has 8 nitrogen and oxygen atoms in total. The van der Waals surface area contributed by atoms with Crippen LogP contribution in [0.3, 0.4) is 0 Å². The fraction of sp³-hybridized carbons (Fsp3) is 0.400. The average Bonchev–Trinajstić information content (AvgIpc) is 3.09. The lowest BCUT2D eigenvalue weighted by Gasteiger charge is -2.24. The number of nitrogens with one attached hydrogen (secondary N) is 2. The lowest BCUT2D eigenvalue weighted by Crippen LogP contribution is -2.39. The van der Waals surface area contributed by atoms with Gasteiger partial charge in [-0.2, -0.15) is 0 Å². The van der Waals surface area contributed by atoms with Crippen molar-refractivity contribution < 1.29 is 29.3 Å². The second-order valence-corrected chi connectivity index (χ2v) is 9.01. The normalized spacial score (nSPS) is 13.5. The van der Waals surface area contributed by atoms with E-state index in [9.17, 15) is 19.5 Å². The van der Waals surface area contributed by atoms with Gasteiger partial charge < -0.3 is 25.6 Å². The van der Waals surface area contributed by atoms with E-state index in [-0.39, 0.29) is 44.4 Å².